The molecule has 11 heavy (non-hydrogen) atoms. The van der Waals surface area contributed by atoms with Crippen LogP contribution in [0, 0.1) is 5.21 Å². The van der Waals surface area contributed by atoms with Gasteiger partial charge in [0.1, 0.15) is 0 Å². The van der Waals surface area contributed by atoms with E-state index in [9.17, 15) is 5.21 Å². The minimum absolute atomic E-state index is 0.129. The van der Waals surface area contributed by atoms with E-state index in [4.69, 9.17) is 10.3 Å². The Hall–Kier alpha value is -0.240. The second-order valence-corrected chi connectivity index (χ2v) is 2.19. The molecule has 0 aliphatic heterocycles. The number of nitrogens with one attached hydrogen (secondary N) is 1. The van der Waals surface area contributed by atoms with Gasteiger partial charge in [0.25, 0.3) is 0 Å². The largest absolute Gasteiger partial charge is 0.772 e. The quantitative estimate of drug-likeness (QED) is 0.355. The van der Waals surface area contributed by atoms with Gasteiger partial charge in [0, 0.05) is 20.2 Å². The standard InChI is InChI=1S/C5H14N3O3/c1-7(8(11)6-10)4-2-3-5-9/h6,9,11H,2-5H2,1H3/q-1. The topological polar surface area (TPSA) is 82.0 Å². The monoisotopic (exact) mass is 164 g/mol. The molecule has 0 spiro atoms. The van der Waals surface area contributed by atoms with Crippen molar-refractivity contribution in [3.05, 3.63) is 5.21 Å². The molecule has 6 nitrogen and oxygen atoms in total. The van der Waals surface area contributed by atoms with Crippen LogP contribution in [0.4, 0.5) is 0 Å². The first-order valence-electron chi connectivity index (χ1n) is 3.41. The summed E-state index contributed by atoms with van der Waals surface area (Å²) in [4.78, 5) is 0. The normalized spacial score (nSPS) is 11.5. The highest BCUT2D eigenvalue weighted by atomic mass is 16.7. The summed E-state index contributed by atoms with van der Waals surface area (Å²) in [6.45, 7) is 0.649. The lowest BCUT2D eigenvalue weighted by atomic mass is 10.3. The smallest absolute Gasteiger partial charge is 0.0431 e. The zero-order valence-electron chi connectivity index (χ0n) is 6.53. The molecule has 0 saturated carbocycles. The summed E-state index contributed by atoms with van der Waals surface area (Å²) in [6, 6.07) is 0. The molecule has 0 aliphatic carbocycles. The maximum absolute atomic E-state index is 9.84. The minimum atomic E-state index is 0.129. The van der Waals surface area contributed by atoms with Gasteiger partial charge in [-0.1, -0.05) is 5.28 Å². The van der Waals surface area contributed by atoms with Crippen molar-refractivity contribution < 1.29 is 10.3 Å². The Morgan fingerprint density at radius 1 is 1.45 bits per heavy atom. The average molecular weight is 164 g/mol. The second kappa shape index (κ2) is 6.47. The van der Waals surface area contributed by atoms with E-state index in [1.165, 1.54) is 10.6 Å². The van der Waals surface area contributed by atoms with Crippen LogP contribution in [0.15, 0.2) is 0 Å². The Bertz CT molecular complexity index is 93.0. The van der Waals surface area contributed by atoms with Crippen LogP contribution in [-0.4, -0.2) is 40.8 Å². The fourth-order valence-corrected chi connectivity index (χ4v) is 0.617. The lowest BCUT2D eigenvalue weighted by Gasteiger charge is -2.28. The summed E-state index contributed by atoms with van der Waals surface area (Å²) in [5.74, 6) is 0. The van der Waals surface area contributed by atoms with E-state index >= 15 is 0 Å². The first-order valence-corrected chi connectivity index (χ1v) is 3.41. The fraction of sp³-hybridized carbons (Fsp3) is 1.00. The molecule has 0 aliphatic rings. The zero-order valence-corrected chi connectivity index (χ0v) is 6.53. The number of hydrogen-bond acceptors (Lipinski definition) is 6. The van der Waals surface area contributed by atoms with E-state index < -0.39 is 0 Å². The van der Waals surface area contributed by atoms with Crippen molar-refractivity contribution in [2.75, 3.05) is 20.2 Å². The molecule has 0 bridgehead atoms. The third-order valence-corrected chi connectivity index (χ3v) is 1.29. The van der Waals surface area contributed by atoms with Gasteiger partial charge < -0.3 is 10.3 Å². The number of nitrogens with zero attached hydrogens (tertiary/aromatic N) is 2. The van der Waals surface area contributed by atoms with Crippen LogP contribution < -0.4 is 5.59 Å². The van der Waals surface area contributed by atoms with Gasteiger partial charge in [0.15, 0.2) is 0 Å². The van der Waals surface area contributed by atoms with Gasteiger partial charge in [0.2, 0.25) is 0 Å². The first-order chi connectivity index (χ1) is 5.22. The third-order valence-electron chi connectivity index (χ3n) is 1.29. The molecule has 68 valence electrons. The van der Waals surface area contributed by atoms with Crippen LogP contribution in [0.25, 0.3) is 0 Å². The van der Waals surface area contributed by atoms with Gasteiger partial charge in [-0.25, -0.2) is 5.01 Å². The van der Waals surface area contributed by atoms with Gasteiger partial charge in [-0.3, -0.25) is 10.8 Å². The SMILES string of the molecule is CN(CCCCO)N(O)N[O-]. The maximum Gasteiger partial charge on any atom is 0.0431 e. The maximum atomic E-state index is 9.84. The third kappa shape index (κ3) is 5.08. The Morgan fingerprint density at radius 2 is 2.09 bits per heavy atom. The molecule has 0 aromatic rings. The summed E-state index contributed by atoms with van der Waals surface area (Å²) in [5, 5.41) is 28.6. The van der Waals surface area contributed by atoms with Crippen molar-refractivity contribution in [1.82, 2.24) is 15.9 Å². The van der Waals surface area contributed by atoms with Crippen molar-refractivity contribution in [2.24, 2.45) is 0 Å². The Kier molecular flexibility index (Phi) is 6.33. The zero-order chi connectivity index (χ0) is 8.69. The van der Waals surface area contributed by atoms with E-state index in [-0.39, 0.29) is 6.61 Å². The fourth-order valence-electron chi connectivity index (χ4n) is 0.617. The van der Waals surface area contributed by atoms with Crippen molar-refractivity contribution in [1.29, 1.82) is 0 Å². The van der Waals surface area contributed by atoms with E-state index in [0.29, 0.717) is 18.2 Å². The van der Waals surface area contributed by atoms with Crippen molar-refractivity contribution in [2.45, 2.75) is 12.8 Å². The highest BCUT2D eigenvalue weighted by molar-refractivity contribution is 4.43. The van der Waals surface area contributed by atoms with Crippen LogP contribution in [0.2, 0.25) is 0 Å². The number of aliphatic hydroxyl groups excluding tert-OH is 1. The predicted molar refractivity (Wildman–Crippen MR) is 39.1 cm³/mol. The minimum Gasteiger partial charge on any atom is -0.772 e. The summed E-state index contributed by atoms with van der Waals surface area (Å²) in [5.41, 5.74) is 1.29. The Labute approximate surface area is 65.5 Å². The Balaban J connectivity index is 3.28. The number of unbranched alkanes of at least 4 members (excludes halogenated alkanes) is 1. The summed E-state index contributed by atoms with van der Waals surface area (Å²) in [7, 11) is 1.56. The van der Waals surface area contributed by atoms with Crippen LogP contribution in [0.1, 0.15) is 12.8 Å². The van der Waals surface area contributed by atoms with Crippen LogP contribution in [-0.2, 0) is 0 Å². The summed E-state index contributed by atoms with van der Waals surface area (Å²) < 4.78 is 0. The molecule has 0 unspecified atom stereocenters. The van der Waals surface area contributed by atoms with Gasteiger partial charge in [0.05, 0.1) is 0 Å². The molecular formula is C5H14N3O3-. The molecular weight excluding hydrogens is 150 g/mol. The van der Waals surface area contributed by atoms with E-state index in [0.717, 1.165) is 6.42 Å². The molecule has 0 heterocycles. The van der Waals surface area contributed by atoms with Crippen LogP contribution in [0.5, 0.6) is 0 Å². The molecule has 0 atom stereocenters. The Morgan fingerprint density at radius 3 is 2.55 bits per heavy atom. The molecule has 0 fully saturated rings. The van der Waals surface area contributed by atoms with Crippen molar-refractivity contribution in [3.8, 4) is 0 Å². The number of aliphatic hydroxyl groups is 1. The highest BCUT2D eigenvalue weighted by Crippen LogP contribution is 1.92. The molecule has 0 radical (unpaired) electrons. The first kappa shape index (κ1) is 10.8. The van der Waals surface area contributed by atoms with Crippen molar-refractivity contribution in [3.63, 3.8) is 0 Å². The van der Waals surface area contributed by atoms with Crippen LogP contribution in [0.3, 0.4) is 0 Å². The molecule has 0 aromatic carbocycles. The van der Waals surface area contributed by atoms with E-state index in [1.54, 1.807) is 7.05 Å². The van der Waals surface area contributed by atoms with Gasteiger partial charge in [-0.05, 0) is 12.8 Å². The molecule has 0 aromatic heterocycles. The molecule has 0 rings (SSSR count). The number of hydrazine groups is 2. The van der Waals surface area contributed by atoms with Gasteiger partial charge in [-0.15, -0.1) is 0 Å². The summed E-state index contributed by atoms with van der Waals surface area (Å²) in [6.07, 6.45) is 1.39. The molecule has 3 N–H and O–H groups in total. The number of rotatable bonds is 6. The number of hydrogen-bond donors (Lipinski definition) is 3. The van der Waals surface area contributed by atoms with Crippen molar-refractivity contribution >= 4 is 0 Å². The second-order valence-electron chi connectivity index (χ2n) is 2.19. The lowest BCUT2D eigenvalue weighted by Crippen LogP contribution is -2.44. The van der Waals surface area contributed by atoms with Gasteiger partial charge in [-0.2, -0.15) is 0 Å². The average Bonchev–Trinajstić information content (AvgIpc) is 2.03. The lowest BCUT2D eigenvalue weighted by molar-refractivity contribution is -0.263. The molecule has 0 saturated heterocycles. The van der Waals surface area contributed by atoms with Crippen LogP contribution >= 0.6 is 0 Å². The van der Waals surface area contributed by atoms with Gasteiger partial charge >= 0.3 is 0 Å². The molecule has 0 amide bonds. The summed E-state index contributed by atoms with van der Waals surface area (Å²) >= 11 is 0. The van der Waals surface area contributed by atoms with E-state index in [1.807, 2.05) is 0 Å². The molecule has 6 heteroatoms. The predicted octanol–water partition coefficient (Wildman–Crippen LogP) is -0.701. The highest BCUT2D eigenvalue weighted by Gasteiger charge is 2.01. The van der Waals surface area contributed by atoms with E-state index in [2.05, 4.69) is 0 Å².